The van der Waals surface area contributed by atoms with E-state index < -0.39 is 0 Å². The van der Waals surface area contributed by atoms with Crippen molar-refractivity contribution in [3.8, 4) is 0 Å². The molecule has 134 valence electrons. The van der Waals surface area contributed by atoms with Gasteiger partial charge < -0.3 is 15.0 Å². The molecular formula is C18H24N4O3. The number of hydrogen-bond donors (Lipinski definition) is 1. The van der Waals surface area contributed by atoms with E-state index in [1.807, 2.05) is 0 Å². The van der Waals surface area contributed by atoms with Gasteiger partial charge in [0.15, 0.2) is 0 Å². The lowest BCUT2D eigenvalue weighted by molar-refractivity contribution is -0.122. The topological polar surface area (TPSA) is 76.5 Å². The van der Waals surface area contributed by atoms with Crippen molar-refractivity contribution < 1.29 is 9.53 Å². The fraction of sp³-hybridized carbons (Fsp3) is 0.611. The van der Waals surface area contributed by atoms with Crippen molar-refractivity contribution in [2.24, 2.45) is 17.8 Å². The van der Waals surface area contributed by atoms with Gasteiger partial charge in [-0.2, -0.15) is 5.10 Å². The summed E-state index contributed by atoms with van der Waals surface area (Å²) in [7, 11) is 0. The average Bonchev–Trinajstić information content (AvgIpc) is 3.26. The van der Waals surface area contributed by atoms with E-state index >= 15 is 0 Å². The van der Waals surface area contributed by atoms with Crippen LogP contribution >= 0.6 is 0 Å². The van der Waals surface area contributed by atoms with Gasteiger partial charge in [0.1, 0.15) is 12.4 Å². The Kier molecular flexibility index (Phi) is 4.57. The fourth-order valence-corrected chi connectivity index (χ4v) is 4.08. The van der Waals surface area contributed by atoms with Crippen molar-refractivity contribution in [1.29, 1.82) is 0 Å². The minimum absolute atomic E-state index is 0.0341. The largest absolute Gasteiger partial charge is 0.378 e. The molecule has 7 nitrogen and oxygen atoms in total. The lowest BCUT2D eigenvalue weighted by Crippen LogP contribution is -2.40. The predicted molar refractivity (Wildman–Crippen MR) is 93.4 cm³/mol. The molecule has 4 rings (SSSR count). The third-order valence-electron chi connectivity index (χ3n) is 5.46. The van der Waals surface area contributed by atoms with E-state index in [1.54, 1.807) is 6.07 Å². The number of carbonyl (C=O) groups is 1. The van der Waals surface area contributed by atoms with Gasteiger partial charge in [-0.05, 0) is 36.7 Å². The predicted octanol–water partition coefficient (Wildman–Crippen LogP) is 0.408. The van der Waals surface area contributed by atoms with Crippen molar-refractivity contribution in [1.82, 2.24) is 15.1 Å². The first-order chi connectivity index (χ1) is 12.2. The van der Waals surface area contributed by atoms with Gasteiger partial charge >= 0.3 is 0 Å². The maximum absolute atomic E-state index is 12.3. The molecule has 1 aromatic heterocycles. The molecule has 0 aromatic carbocycles. The fourth-order valence-electron chi connectivity index (χ4n) is 4.08. The zero-order valence-electron chi connectivity index (χ0n) is 14.3. The number of rotatable bonds is 5. The van der Waals surface area contributed by atoms with Gasteiger partial charge in [-0.25, -0.2) is 4.68 Å². The Morgan fingerprint density at radius 1 is 1.24 bits per heavy atom. The number of allylic oxidation sites excluding steroid dienone is 2. The number of nitrogens with one attached hydrogen (secondary N) is 1. The Morgan fingerprint density at radius 2 is 2.08 bits per heavy atom. The van der Waals surface area contributed by atoms with E-state index in [4.69, 9.17) is 4.74 Å². The van der Waals surface area contributed by atoms with Gasteiger partial charge in [0.2, 0.25) is 5.91 Å². The summed E-state index contributed by atoms with van der Waals surface area (Å²) in [5.41, 5.74) is -0.255. The normalized spacial score (nSPS) is 27.7. The monoisotopic (exact) mass is 344 g/mol. The minimum Gasteiger partial charge on any atom is -0.378 e. The molecule has 1 saturated heterocycles. The van der Waals surface area contributed by atoms with Gasteiger partial charge in [0.25, 0.3) is 5.56 Å². The number of carbonyl (C=O) groups excluding carboxylic acids is 1. The second-order valence-corrected chi connectivity index (χ2v) is 7.13. The summed E-state index contributed by atoms with van der Waals surface area (Å²) < 4.78 is 6.59. The van der Waals surface area contributed by atoms with Crippen molar-refractivity contribution >= 4 is 11.7 Å². The summed E-state index contributed by atoms with van der Waals surface area (Å²) >= 11 is 0. The van der Waals surface area contributed by atoms with Crippen LogP contribution in [0.15, 0.2) is 29.1 Å². The van der Waals surface area contributed by atoms with E-state index in [-0.39, 0.29) is 18.0 Å². The molecule has 1 amide bonds. The van der Waals surface area contributed by atoms with Crippen LogP contribution in [0.25, 0.3) is 0 Å². The Morgan fingerprint density at radius 3 is 2.80 bits per heavy atom. The smallest absolute Gasteiger partial charge is 0.267 e. The van der Waals surface area contributed by atoms with E-state index in [1.165, 1.54) is 17.2 Å². The second-order valence-electron chi connectivity index (χ2n) is 7.13. The minimum atomic E-state index is -0.255. The highest BCUT2D eigenvalue weighted by Crippen LogP contribution is 2.42. The molecule has 2 bridgehead atoms. The highest BCUT2D eigenvalue weighted by Gasteiger charge is 2.35. The van der Waals surface area contributed by atoms with Gasteiger partial charge in [-0.15, -0.1) is 0 Å². The number of nitrogens with zero attached hydrogens (tertiary/aromatic N) is 3. The molecule has 2 fully saturated rings. The molecular weight excluding hydrogens is 320 g/mol. The summed E-state index contributed by atoms with van der Waals surface area (Å²) in [6.45, 7) is 3.44. The molecule has 3 aliphatic rings. The lowest BCUT2D eigenvalue weighted by atomic mass is 9.94. The summed E-state index contributed by atoms with van der Waals surface area (Å²) in [6, 6.07) is 3.19. The quantitative estimate of drug-likeness (QED) is 0.783. The first kappa shape index (κ1) is 16.3. The summed E-state index contributed by atoms with van der Waals surface area (Å²) in [5.74, 6) is 2.40. The number of fused-ring (bicyclic) bond motifs is 2. The second kappa shape index (κ2) is 7.00. The van der Waals surface area contributed by atoms with Crippen LogP contribution in [0.5, 0.6) is 0 Å². The number of amides is 1. The molecule has 1 aromatic rings. The number of anilines is 1. The van der Waals surface area contributed by atoms with E-state index in [0.717, 1.165) is 19.5 Å². The Bertz CT molecular complexity index is 723. The van der Waals surface area contributed by atoms with Gasteiger partial charge in [-0.1, -0.05) is 12.2 Å². The third-order valence-corrected chi connectivity index (χ3v) is 5.46. The van der Waals surface area contributed by atoms with Crippen LogP contribution in [-0.4, -0.2) is 48.5 Å². The van der Waals surface area contributed by atoms with Crippen LogP contribution in [0.4, 0.5) is 5.82 Å². The summed E-state index contributed by atoms with van der Waals surface area (Å²) in [6.07, 6.45) is 6.96. The zero-order chi connectivity index (χ0) is 17.2. The van der Waals surface area contributed by atoms with Crippen molar-refractivity contribution in [3.05, 3.63) is 34.6 Å². The number of hydrogen-bond acceptors (Lipinski definition) is 5. The van der Waals surface area contributed by atoms with Crippen LogP contribution in [0.2, 0.25) is 0 Å². The molecule has 2 aliphatic carbocycles. The maximum Gasteiger partial charge on any atom is 0.267 e. The Hall–Kier alpha value is -2.15. The highest BCUT2D eigenvalue weighted by molar-refractivity contribution is 5.75. The molecule has 3 atom stereocenters. The molecule has 1 N–H and O–H groups in total. The molecule has 1 saturated carbocycles. The highest BCUT2D eigenvalue weighted by atomic mass is 16.5. The zero-order valence-corrected chi connectivity index (χ0v) is 14.3. The van der Waals surface area contributed by atoms with Crippen LogP contribution in [0, 0.1) is 17.8 Å². The van der Waals surface area contributed by atoms with Gasteiger partial charge in [0, 0.05) is 25.7 Å². The first-order valence-corrected chi connectivity index (χ1v) is 9.05. The van der Waals surface area contributed by atoms with E-state index in [9.17, 15) is 9.59 Å². The van der Waals surface area contributed by atoms with Gasteiger partial charge in [0.05, 0.1) is 13.2 Å². The van der Waals surface area contributed by atoms with E-state index in [2.05, 4.69) is 27.5 Å². The maximum atomic E-state index is 12.3. The lowest BCUT2D eigenvalue weighted by Gasteiger charge is -2.27. The van der Waals surface area contributed by atoms with Gasteiger partial charge in [-0.3, -0.25) is 9.59 Å². The molecule has 0 spiro atoms. The SMILES string of the molecule is O=C(Cn1nc(N2CCOCC2)ccc1=O)NC[C@H]1C[C@H]2C=C[C@H]1C2. The van der Waals surface area contributed by atoms with Crippen molar-refractivity contribution in [3.63, 3.8) is 0 Å². The van der Waals surface area contributed by atoms with Crippen molar-refractivity contribution in [2.75, 3.05) is 37.7 Å². The number of morpholine rings is 1. The van der Waals surface area contributed by atoms with Crippen LogP contribution in [0.3, 0.4) is 0 Å². The van der Waals surface area contributed by atoms with Crippen LogP contribution < -0.4 is 15.8 Å². The Labute approximate surface area is 146 Å². The third kappa shape index (κ3) is 3.61. The van der Waals surface area contributed by atoms with Crippen LogP contribution in [0.1, 0.15) is 12.8 Å². The molecule has 25 heavy (non-hydrogen) atoms. The molecule has 1 aliphatic heterocycles. The number of aromatic nitrogens is 2. The van der Waals surface area contributed by atoms with E-state index in [0.29, 0.717) is 43.3 Å². The first-order valence-electron chi connectivity index (χ1n) is 9.05. The molecule has 2 heterocycles. The van der Waals surface area contributed by atoms with Crippen molar-refractivity contribution in [2.45, 2.75) is 19.4 Å². The molecule has 7 heteroatoms. The Balaban J connectivity index is 1.35. The summed E-state index contributed by atoms with van der Waals surface area (Å²) in [5, 5.41) is 7.33. The standard InChI is InChI=1S/C18H24N4O3/c23-17(19-11-15-10-13-1-2-14(15)9-13)12-22-18(24)4-3-16(20-22)21-5-7-25-8-6-21/h1-4,13-15H,5-12H2,(H,19,23)/t13-,14-,15+/m0/s1. The summed E-state index contributed by atoms with van der Waals surface area (Å²) in [4.78, 5) is 26.3. The van der Waals surface area contributed by atoms with Crippen LogP contribution in [-0.2, 0) is 16.1 Å². The average molecular weight is 344 g/mol. The molecule has 0 radical (unpaired) electrons. The number of ether oxygens (including phenoxy) is 1. The molecule has 0 unspecified atom stereocenters.